The van der Waals surface area contributed by atoms with Crippen molar-refractivity contribution >= 4 is 23.6 Å². The second kappa shape index (κ2) is 7.34. The summed E-state index contributed by atoms with van der Waals surface area (Å²) in [5, 5.41) is 0.599. The number of carbonyl (C=O) groups is 2. The first-order valence-corrected chi connectivity index (χ1v) is 9.29. The number of piperidine rings is 1. The minimum Gasteiger partial charge on any atom is -0.369 e. The van der Waals surface area contributed by atoms with Crippen molar-refractivity contribution in [1.29, 1.82) is 0 Å². The van der Waals surface area contributed by atoms with Gasteiger partial charge in [0.1, 0.15) is 5.03 Å². The van der Waals surface area contributed by atoms with Crippen molar-refractivity contribution in [3.8, 4) is 0 Å². The van der Waals surface area contributed by atoms with Crippen LogP contribution in [0.3, 0.4) is 0 Å². The molecule has 2 N–H and O–H groups in total. The first-order valence-electron chi connectivity index (χ1n) is 8.30. The molecule has 2 amide bonds. The van der Waals surface area contributed by atoms with Crippen LogP contribution in [0.4, 0.5) is 0 Å². The molecule has 0 radical (unpaired) electrons. The number of hydrogen-bond acceptors (Lipinski definition) is 4. The molecule has 1 saturated heterocycles. The number of fused-ring (bicyclic) bond motifs is 1. The van der Waals surface area contributed by atoms with Gasteiger partial charge in [0, 0.05) is 19.3 Å². The number of carbonyl (C=O) groups excluding carboxylic acids is 2. The van der Waals surface area contributed by atoms with Crippen LogP contribution in [0.2, 0.25) is 0 Å². The average molecular weight is 333 g/mol. The lowest BCUT2D eigenvalue weighted by molar-refractivity contribution is -0.115. The summed E-state index contributed by atoms with van der Waals surface area (Å²) in [6, 6.07) is 3.57. The molecular formula is C17H23N3O2S. The number of primary amides is 1. The lowest BCUT2D eigenvalue weighted by atomic mass is 9.75. The van der Waals surface area contributed by atoms with Gasteiger partial charge >= 0.3 is 0 Å². The summed E-state index contributed by atoms with van der Waals surface area (Å²) in [6.45, 7) is 1.69. The van der Waals surface area contributed by atoms with Crippen LogP contribution in [0.1, 0.15) is 42.5 Å². The van der Waals surface area contributed by atoms with E-state index in [2.05, 4.69) is 4.98 Å². The van der Waals surface area contributed by atoms with Crippen LogP contribution >= 0.6 is 11.8 Å². The maximum absolute atomic E-state index is 12.9. The van der Waals surface area contributed by atoms with Crippen molar-refractivity contribution in [2.75, 3.05) is 18.8 Å². The van der Waals surface area contributed by atoms with Gasteiger partial charge in [0.05, 0.1) is 11.3 Å². The lowest BCUT2D eigenvalue weighted by Gasteiger charge is -2.41. The highest BCUT2D eigenvalue weighted by molar-refractivity contribution is 8.00. The molecule has 0 spiro atoms. The third-order valence-electron chi connectivity index (χ3n) is 4.93. The monoisotopic (exact) mass is 333 g/mol. The Morgan fingerprint density at radius 3 is 2.83 bits per heavy atom. The molecule has 23 heavy (non-hydrogen) atoms. The molecule has 0 unspecified atom stereocenters. The summed E-state index contributed by atoms with van der Waals surface area (Å²) < 4.78 is 0. The number of aromatic nitrogens is 1. The Bertz CT molecular complexity index is 593. The molecule has 1 aromatic rings. The standard InChI is InChI=1S/C17H23N3O2S/c18-15(21)11-23-16-14(6-3-8-19-16)17(22)20-9-7-12-4-1-2-5-13(12)10-20/h3,6,8,12-13H,1-2,4-5,7,9-11H2,(H2,18,21)/t12-,13+/m1/s1. The summed E-state index contributed by atoms with van der Waals surface area (Å²) in [6.07, 6.45) is 7.94. The summed E-state index contributed by atoms with van der Waals surface area (Å²) in [5.41, 5.74) is 5.79. The van der Waals surface area contributed by atoms with Crippen molar-refractivity contribution < 1.29 is 9.59 Å². The number of hydrogen-bond donors (Lipinski definition) is 1. The number of thioether (sulfide) groups is 1. The zero-order valence-electron chi connectivity index (χ0n) is 13.2. The number of rotatable bonds is 4. The molecule has 0 aromatic carbocycles. The maximum atomic E-state index is 12.9. The largest absolute Gasteiger partial charge is 0.369 e. The van der Waals surface area contributed by atoms with Crippen LogP contribution in [0.5, 0.6) is 0 Å². The van der Waals surface area contributed by atoms with E-state index in [-0.39, 0.29) is 11.7 Å². The molecule has 2 atom stereocenters. The molecule has 124 valence electrons. The van der Waals surface area contributed by atoms with E-state index in [1.165, 1.54) is 37.4 Å². The van der Waals surface area contributed by atoms with E-state index in [0.717, 1.165) is 25.4 Å². The molecule has 1 aromatic heterocycles. The van der Waals surface area contributed by atoms with E-state index in [4.69, 9.17) is 5.73 Å². The van der Waals surface area contributed by atoms with Crippen molar-refractivity contribution in [2.45, 2.75) is 37.1 Å². The van der Waals surface area contributed by atoms with Crippen LogP contribution in [0.25, 0.3) is 0 Å². The van der Waals surface area contributed by atoms with E-state index in [1.54, 1.807) is 18.3 Å². The SMILES string of the molecule is NC(=O)CSc1ncccc1C(=O)N1CC[C@H]2CCCC[C@H]2C1. The van der Waals surface area contributed by atoms with Crippen molar-refractivity contribution in [2.24, 2.45) is 17.6 Å². The zero-order valence-corrected chi connectivity index (χ0v) is 14.1. The topological polar surface area (TPSA) is 76.3 Å². The smallest absolute Gasteiger partial charge is 0.256 e. The van der Waals surface area contributed by atoms with Crippen LogP contribution < -0.4 is 5.73 Å². The Balaban J connectivity index is 1.71. The average Bonchev–Trinajstić information content (AvgIpc) is 2.59. The van der Waals surface area contributed by atoms with Gasteiger partial charge < -0.3 is 10.6 Å². The number of nitrogens with two attached hydrogens (primary N) is 1. The van der Waals surface area contributed by atoms with Crippen LogP contribution in [-0.2, 0) is 4.79 Å². The molecule has 0 bridgehead atoms. The van der Waals surface area contributed by atoms with E-state index in [0.29, 0.717) is 16.5 Å². The highest BCUT2D eigenvalue weighted by atomic mass is 32.2. The van der Waals surface area contributed by atoms with Gasteiger partial charge in [0.25, 0.3) is 5.91 Å². The predicted octanol–water partition coefficient (Wildman–Crippen LogP) is 2.31. The Hall–Kier alpha value is -1.56. The van der Waals surface area contributed by atoms with Gasteiger partial charge in [0.15, 0.2) is 0 Å². The minimum absolute atomic E-state index is 0.0362. The lowest BCUT2D eigenvalue weighted by Crippen LogP contribution is -2.44. The summed E-state index contributed by atoms with van der Waals surface area (Å²) >= 11 is 1.24. The predicted molar refractivity (Wildman–Crippen MR) is 90.1 cm³/mol. The van der Waals surface area contributed by atoms with E-state index < -0.39 is 5.91 Å². The number of pyridine rings is 1. The van der Waals surface area contributed by atoms with Gasteiger partial charge in [-0.15, -0.1) is 0 Å². The van der Waals surface area contributed by atoms with Crippen LogP contribution in [0, 0.1) is 11.8 Å². The molecule has 5 nitrogen and oxygen atoms in total. The fourth-order valence-electron chi connectivity index (χ4n) is 3.76. The first-order chi connectivity index (χ1) is 11.1. The molecule has 3 rings (SSSR count). The third-order valence-corrected chi connectivity index (χ3v) is 5.96. The third kappa shape index (κ3) is 3.86. The summed E-state index contributed by atoms with van der Waals surface area (Å²) in [5.74, 6) is 1.23. The Morgan fingerprint density at radius 1 is 1.26 bits per heavy atom. The minimum atomic E-state index is -0.401. The summed E-state index contributed by atoms with van der Waals surface area (Å²) in [7, 11) is 0. The van der Waals surface area contributed by atoms with E-state index in [1.807, 2.05) is 4.90 Å². The maximum Gasteiger partial charge on any atom is 0.256 e. The fraction of sp³-hybridized carbons (Fsp3) is 0.588. The van der Waals surface area contributed by atoms with E-state index >= 15 is 0 Å². The van der Waals surface area contributed by atoms with Crippen molar-refractivity contribution in [3.63, 3.8) is 0 Å². The Labute approximate surface area is 141 Å². The molecular weight excluding hydrogens is 310 g/mol. The molecule has 1 aliphatic heterocycles. The quantitative estimate of drug-likeness (QED) is 0.858. The molecule has 6 heteroatoms. The molecule has 2 heterocycles. The fourth-order valence-corrected chi connectivity index (χ4v) is 4.49. The Morgan fingerprint density at radius 2 is 2.04 bits per heavy atom. The van der Waals surface area contributed by atoms with Gasteiger partial charge in [0.2, 0.25) is 5.91 Å². The number of nitrogens with zero attached hydrogens (tertiary/aromatic N) is 2. The van der Waals surface area contributed by atoms with Crippen molar-refractivity contribution in [1.82, 2.24) is 9.88 Å². The van der Waals surface area contributed by atoms with Gasteiger partial charge in [-0.1, -0.05) is 31.0 Å². The van der Waals surface area contributed by atoms with Gasteiger partial charge in [-0.3, -0.25) is 9.59 Å². The first kappa shape index (κ1) is 16.3. The van der Waals surface area contributed by atoms with Gasteiger partial charge in [-0.05, 0) is 36.8 Å². The number of likely N-dealkylation sites (tertiary alicyclic amines) is 1. The molecule has 1 saturated carbocycles. The molecule has 2 fully saturated rings. The Kier molecular flexibility index (Phi) is 5.20. The van der Waals surface area contributed by atoms with Crippen LogP contribution in [0.15, 0.2) is 23.4 Å². The highest BCUT2D eigenvalue weighted by Gasteiger charge is 2.33. The summed E-state index contributed by atoms with van der Waals surface area (Å²) in [4.78, 5) is 30.1. The van der Waals surface area contributed by atoms with Crippen molar-refractivity contribution in [3.05, 3.63) is 23.9 Å². The molecule has 2 aliphatic rings. The highest BCUT2D eigenvalue weighted by Crippen LogP contribution is 2.36. The van der Waals surface area contributed by atoms with Crippen LogP contribution in [-0.4, -0.2) is 40.5 Å². The molecule has 1 aliphatic carbocycles. The number of amides is 2. The normalized spacial score (nSPS) is 24.1. The second-order valence-corrected chi connectivity index (χ2v) is 7.42. The second-order valence-electron chi connectivity index (χ2n) is 6.46. The van der Waals surface area contributed by atoms with E-state index in [9.17, 15) is 9.59 Å². The zero-order chi connectivity index (χ0) is 16.2. The van der Waals surface area contributed by atoms with Gasteiger partial charge in [-0.25, -0.2) is 4.98 Å². The van der Waals surface area contributed by atoms with Gasteiger partial charge in [-0.2, -0.15) is 0 Å².